The van der Waals surface area contributed by atoms with Crippen molar-refractivity contribution >= 4 is 17.5 Å². The number of hydrogen-bond donors (Lipinski definition) is 2. The lowest BCUT2D eigenvalue weighted by atomic mass is 9.83. The summed E-state index contributed by atoms with van der Waals surface area (Å²) in [6.07, 6.45) is 8.69. The number of aromatic nitrogens is 4. The fourth-order valence-corrected chi connectivity index (χ4v) is 4.23. The lowest BCUT2D eigenvalue weighted by Gasteiger charge is -2.28. The molecule has 180 valence electrons. The van der Waals surface area contributed by atoms with Gasteiger partial charge in [-0.1, -0.05) is 19.1 Å². The number of Topliss-reactive ketones (excluding diaryl/α,β-unsaturated/α-hetero) is 1. The number of benzene rings is 1. The molecule has 0 atom stereocenters. The molecule has 1 aromatic carbocycles. The van der Waals surface area contributed by atoms with E-state index in [0.29, 0.717) is 47.7 Å². The van der Waals surface area contributed by atoms with Gasteiger partial charge in [0.05, 0.1) is 11.8 Å². The van der Waals surface area contributed by atoms with Crippen LogP contribution in [-0.4, -0.2) is 31.8 Å². The van der Waals surface area contributed by atoms with Crippen LogP contribution in [0.25, 0.3) is 0 Å². The van der Waals surface area contributed by atoms with Crippen molar-refractivity contribution in [3.63, 3.8) is 0 Å². The molecule has 0 bridgehead atoms. The summed E-state index contributed by atoms with van der Waals surface area (Å²) < 4.78 is 5.96. The summed E-state index contributed by atoms with van der Waals surface area (Å²) in [5.41, 5.74) is 2.22. The average molecular weight is 472 g/mol. The van der Waals surface area contributed by atoms with Crippen molar-refractivity contribution in [2.75, 3.05) is 10.6 Å². The lowest BCUT2D eigenvalue weighted by molar-refractivity contribution is -0.123. The van der Waals surface area contributed by atoms with Gasteiger partial charge in [0, 0.05) is 31.1 Å². The van der Waals surface area contributed by atoms with E-state index in [2.05, 4.69) is 36.6 Å². The van der Waals surface area contributed by atoms with E-state index in [4.69, 9.17) is 4.74 Å². The van der Waals surface area contributed by atoms with Crippen molar-refractivity contribution in [3.05, 3.63) is 59.7 Å². The molecule has 9 nitrogen and oxygen atoms in total. The summed E-state index contributed by atoms with van der Waals surface area (Å²) in [7, 11) is 0. The van der Waals surface area contributed by atoms with Gasteiger partial charge in [0.15, 0.2) is 0 Å². The van der Waals surface area contributed by atoms with Crippen molar-refractivity contribution in [1.29, 1.82) is 5.26 Å². The molecule has 0 amide bonds. The molecule has 2 aromatic heterocycles. The molecule has 4 rings (SSSR count). The average Bonchev–Trinajstić information content (AvgIpc) is 2.88. The molecule has 0 unspecified atom stereocenters. The number of nitriles is 1. The summed E-state index contributed by atoms with van der Waals surface area (Å²) in [6, 6.07) is 10.1. The smallest absolute Gasteiger partial charge is 0.227 e. The van der Waals surface area contributed by atoms with Gasteiger partial charge < -0.3 is 15.4 Å². The van der Waals surface area contributed by atoms with Gasteiger partial charge in [0.25, 0.3) is 0 Å². The van der Waals surface area contributed by atoms with Crippen LogP contribution in [0.1, 0.15) is 55.7 Å². The molecule has 1 saturated carbocycles. The normalized spacial score (nSPS) is 17.3. The summed E-state index contributed by atoms with van der Waals surface area (Å²) in [5, 5.41) is 16.1. The SMILES string of the molecule is CCC(=O)C1CCC(Nc2nc(NCc3cncnc3Oc3cccc(C)c3)ncc2C#N)CC1. The number of carbonyl (C=O) groups is 1. The van der Waals surface area contributed by atoms with Crippen LogP contribution in [0.15, 0.2) is 43.0 Å². The van der Waals surface area contributed by atoms with Gasteiger partial charge in [-0.3, -0.25) is 4.79 Å². The van der Waals surface area contributed by atoms with Gasteiger partial charge in [-0.15, -0.1) is 0 Å². The van der Waals surface area contributed by atoms with Gasteiger partial charge in [-0.05, 0) is 50.3 Å². The predicted octanol–water partition coefficient (Wildman–Crippen LogP) is 4.80. The van der Waals surface area contributed by atoms with E-state index in [9.17, 15) is 10.1 Å². The van der Waals surface area contributed by atoms with E-state index in [1.807, 2.05) is 38.1 Å². The van der Waals surface area contributed by atoms with Gasteiger partial charge in [0.2, 0.25) is 11.8 Å². The Morgan fingerprint density at radius 1 is 1.20 bits per heavy atom. The maximum atomic E-state index is 12.0. The summed E-state index contributed by atoms with van der Waals surface area (Å²) in [4.78, 5) is 29.2. The van der Waals surface area contributed by atoms with E-state index in [0.717, 1.165) is 36.8 Å². The van der Waals surface area contributed by atoms with Gasteiger partial charge in [0.1, 0.15) is 35.3 Å². The molecule has 0 saturated heterocycles. The second kappa shape index (κ2) is 11.4. The third-order valence-electron chi connectivity index (χ3n) is 6.17. The highest BCUT2D eigenvalue weighted by Gasteiger charge is 2.26. The molecule has 0 radical (unpaired) electrons. The number of rotatable bonds is 9. The molecule has 1 fully saturated rings. The van der Waals surface area contributed by atoms with Crippen LogP contribution in [0.5, 0.6) is 11.6 Å². The van der Waals surface area contributed by atoms with Crippen molar-refractivity contribution in [2.24, 2.45) is 5.92 Å². The quantitative estimate of drug-likeness (QED) is 0.452. The van der Waals surface area contributed by atoms with Gasteiger partial charge in [-0.2, -0.15) is 10.2 Å². The molecule has 0 spiro atoms. The third kappa shape index (κ3) is 6.29. The maximum absolute atomic E-state index is 12.0. The first kappa shape index (κ1) is 24.1. The number of carbonyl (C=O) groups excluding carboxylic acids is 1. The Balaban J connectivity index is 1.42. The molecule has 2 heterocycles. The molecule has 1 aliphatic rings. The number of ether oxygens (including phenoxy) is 1. The minimum Gasteiger partial charge on any atom is -0.439 e. The van der Waals surface area contributed by atoms with Crippen LogP contribution in [-0.2, 0) is 11.3 Å². The summed E-state index contributed by atoms with van der Waals surface area (Å²) in [5.74, 6) is 2.51. The Bertz CT molecular complexity index is 1220. The fourth-order valence-electron chi connectivity index (χ4n) is 4.23. The molecule has 1 aliphatic carbocycles. The lowest BCUT2D eigenvalue weighted by Crippen LogP contribution is -2.29. The van der Waals surface area contributed by atoms with E-state index in [1.54, 1.807) is 6.20 Å². The van der Waals surface area contributed by atoms with Gasteiger partial charge in [-0.25, -0.2) is 15.0 Å². The van der Waals surface area contributed by atoms with Crippen molar-refractivity contribution in [1.82, 2.24) is 19.9 Å². The second-order valence-corrected chi connectivity index (χ2v) is 8.71. The highest BCUT2D eigenvalue weighted by molar-refractivity contribution is 5.80. The number of nitrogens with zero attached hydrogens (tertiary/aromatic N) is 5. The fraction of sp³-hybridized carbons (Fsp3) is 0.385. The minimum atomic E-state index is 0.153. The first-order chi connectivity index (χ1) is 17.1. The molecule has 2 N–H and O–H groups in total. The number of aryl methyl sites for hydroxylation is 1. The third-order valence-corrected chi connectivity index (χ3v) is 6.17. The summed E-state index contributed by atoms with van der Waals surface area (Å²) >= 11 is 0. The largest absolute Gasteiger partial charge is 0.439 e. The zero-order chi connectivity index (χ0) is 24.6. The number of hydrogen-bond acceptors (Lipinski definition) is 9. The molecular weight excluding hydrogens is 442 g/mol. The van der Waals surface area contributed by atoms with Crippen LogP contribution in [0, 0.1) is 24.2 Å². The topological polar surface area (TPSA) is 126 Å². The van der Waals surface area contributed by atoms with Crippen molar-refractivity contribution < 1.29 is 9.53 Å². The van der Waals surface area contributed by atoms with Crippen LogP contribution in [0.4, 0.5) is 11.8 Å². The molecule has 0 aliphatic heterocycles. The highest BCUT2D eigenvalue weighted by atomic mass is 16.5. The zero-order valence-corrected chi connectivity index (χ0v) is 20.0. The first-order valence-electron chi connectivity index (χ1n) is 11.9. The Hall–Kier alpha value is -4.06. The minimum absolute atomic E-state index is 0.153. The Morgan fingerprint density at radius 2 is 2.03 bits per heavy atom. The van der Waals surface area contributed by atoms with Crippen LogP contribution >= 0.6 is 0 Å². The van der Waals surface area contributed by atoms with Crippen molar-refractivity contribution in [3.8, 4) is 17.7 Å². The van der Waals surface area contributed by atoms with Crippen LogP contribution in [0.2, 0.25) is 0 Å². The predicted molar refractivity (Wildman–Crippen MR) is 132 cm³/mol. The molecule has 9 heteroatoms. The molecule has 3 aromatic rings. The number of anilines is 2. The highest BCUT2D eigenvalue weighted by Crippen LogP contribution is 2.29. The standard InChI is InChI=1S/C26H29N7O2/c1-3-23(34)18-7-9-21(10-8-18)32-24-19(12-27)14-29-26(33-24)30-15-20-13-28-16-31-25(20)35-22-6-4-5-17(2)11-22/h4-6,11,13-14,16,18,21H,3,7-10,15H2,1-2H3,(H2,29,30,32,33). The van der Waals surface area contributed by atoms with Crippen molar-refractivity contribution in [2.45, 2.75) is 58.5 Å². The Morgan fingerprint density at radius 3 is 2.77 bits per heavy atom. The molecular formula is C26H29N7O2. The van der Waals surface area contributed by atoms with Crippen LogP contribution in [0.3, 0.4) is 0 Å². The van der Waals surface area contributed by atoms with Gasteiger partial charge >= 0.3 is 0 Å². The second-order valence-electron chi connectivity index (χ2n) is 8.71. The number of ketones is 1. The zero-order valence-electron chi connectivity index (χ0n) is 20.0. The van der Waals surface area contributed by atoms with Crippen LogP contribution < -0.4 is 15.4 Å². The Labute approximate surface area is 205 Å². The number of nitrogens with one attached hydrogen (secondary N) is 2. The van der Waals surface area contributed by atoms with E-state index < -0.39 is 0 Å². The first-order valence-corrected chi connectivity index (χ1v) is 11.9. The Kier molecular flexibility index (Phi) is 7.83. The van der Waals surface area contributed by atoms with E-state index in [-0.39, 0.29) is 12.0 Å². The van der Waals surface area contributed by atoms with E-state index in [1.165, 1.54) is 12.5 Å². The maximum Gasteiger partial charge on any atom is 0.227 e. The monoisotopic (exact) mass is 471 g/mol. The molecule has 35 heavy (non-hydrogen) atoms. The van der Waals surface area contributed by atoms with E-state index >= 15 is 0 Å². The summed E-state index contributed by atoms with van der Waals surface area (Å²) in [6.45, 7) is 4.26.